The second-order valence-corrected chi connectivity index (χ2v) is 5.74. The molecule has 5 nitrogen and oxygen atoms in total. The number of ether oxygens (including phenoxy) is 1. The van der Waals surface area contributed by atoms with E-state index in [4.69, 9.17) is 4.74 Å². The van der Waals surface area contributed by atoms with Gasteiger partial charge in [-0.15, -0.1) is 24.0 Å². The van der Waals surface area contributed by atoms with Crippen LogP contribution in [0.25, 0.3) is 0 Å². The maximum Gasteiger partial charge on any atom is 0.191 e. The highest BCUT2D eigenvalue weighted by Gasteiger charge is 2.17. The molecule has 0 saturated carbocycles. The fraction of sp³-hybridized carbons (Fsp3) is 0.643. The molecule has 1 atom stereocenters. The van der Waals surface area contributed by atoms with Crippen LogP contribution < -0.4 is 10.6 Å². The summed E-state index contributed by atoms with van der Waals surface area (Å²) in [7, 11) is 2.13. The van der Waals surface area contributed by atoms with Gasteiger partial charge in [-0.05, 0) is 36.4 Å². The molecule has 120 valence electrons. The molecule has 7 heteroatoms. The van der Waals surface area contributed by atoms with Gasteiger partial charge in [-0.1, -0.05) is 0 Å². The van der Waals surface area contributed by atoms with Crippen LogP contribution in [0.5, 0.6) is 0 Å². The van der Waals surface area contributed by atoms with Crippen molar-refractivity contribution in [2.45, 2.75) is 19.6 Å². The molecule has 1 aliphatic heterocycles. The summed E-state index contributed by atoms with van der Waals surface area (Å²) in [5.41, 5.74) is 1.25. The number of thiophene rings is 1. The Bertz CT molecular complexity index is 413. The fourth-order valence-electron chi connectivity index (χ4n) is 2.10. The Labute approximate surface area is 148 Å². The molecule has 0 bridgehead atoms. The van der Waals surface area contributed by atoms with Gasteiger partial charge < -0.3 is 20.3 Å². The molecule has 0 aliphatic carbocycles. The average Bonchev–Trinajstić information content (AvgIpc) is 2.95. The van der Waals surface area contributed by atoms with E-state index in [1.165, 1.54) is 5.56 Å². The lowest BCUT2D eigenvalue weighted by atomic mass is 10.3. The van der Waals surface area contributed by atoms with Crippen molar-refractivity contribution in [1.82, 2.24) is 15.5 Å². The molecule has 0 radical (unpaired) electrons. The van der Waals surface area contributed by atoms with Gasteiger partial charge in [0, 0.05) is 26.2 Å². The third kappa shape index (κ3) is 6.94. The number of hydrogen-bond donors (Lipinski definition) is 2. The van der Waals surface area contributed by atoms with Crippen molar-refractivity contribution in [2.24, 2.45) is 4.99 Å². The van der Waals surface area contributed by atoms with Crippen LogP contribution in [-0.4, -0.2) is 56.8 Å². The zero-order chi connectivity index (χ0) is 14.2. The van der Waals surface area contributed by atoms with Crippen LogP contribution in [0.1, 0.15) is 12.5 Å². The topological polar surface area (TPSA) is 48.9 Å². The number of guanidine groups is 1. The molecule has 1 aromatic rings. The maximum atomic E-state index is 5.74. The highest BCUT2D eigenvalue weighted by molar-refractivity contribution is 14.0. The number of morpholine rings is 1. The van der Waals surface area contributed by atoms with Gasteiger partial charge >= 0.3 is 0 Å². The molecule has 0 aromatic carbocycles. The highest BCUT2D eigenvalue weighted by Crippen LogP contribution is 2.07. The van der Waals surface area contributed by atoms with Gasteiger partial charge in [0.1, 0.15) is 0 Å². The number of aliphatic imine (C=N–C) groups is 1. The van der Waals surface area contributed by atoms with E-state index in [9.17, 15) is 0 Å². The van der Waals surface area contributed by atoms with Crippen LogP contribution in [0.4, 0.5) is 0 Å². The second-order valence-electron chi connectivity index (χ2n) is 4.96. The first-order valence-corrected chi connectivity index (χ1v) is 8.05. The minimum Gasteiger partial charge on any atom is -0.374 e. The first kappa shape index (κ1) is 18.7. The normalized spacial score (nSPS) is 19.9. The van der Waals surface area contributed by atoms with Crippen molar-refractivity contribution < 1.29 is 4.74 Å². The molecule has 1 fully saturated rings. The van der Waals surface area contributed by atoms with E-state index in [0.29, 0.717) is 6.54 Å². The molecule has 1 aromatic heterocycles. The molecule has 2 rings (SSSR count). The van der Waals surface area contributed by atoms with E-state index in [0.717, 1.165) is 38.7 Å². The summed E-state index contributed by atoms with van der Waals surface area (Å²) in [6.45, 7) is 7.24. The minimum absolute atomic E-state index is 0. The third-order valence-electron chi connectivity index (χ3n) is 3.18. The summed E-state index contributed by atoms with van der Waals surface area (Å²) in [5.74, 6) is 0.857. The number of rotatable bonds is 5. The number of nitrogens with zero attached hydrogens (tertiary/aromatic N) is 2. The van der Waals surface area contributed by atoms with Crippen molar-refractivity contribution >= 4 is 41.3 Å². The number of hydrogen-bond acceptors (Lipinski definition) is 4. The lowest BCUT2D eigenvalue weighted by Crippen LogP contribution is -2.48. The summed E-state index contributed by atoms with van der Waals surface area (Å²) in [4.78, 5) is 6.89. The van der Waals surface area contributed by atoms with Crippen LogP contribution >= 0.6 is 35.3 Å². The van der Waals surface area contributed by atoms with Crippen LogP contribution in [-0.2, 0) is 11.3 Å². The Hall–Kier alpha value is -0.380. The van der Waals surface area contributed by atoms with Crippen LogP contribution in [0.3, 0.4) is 0 Å². The van der Waals surface area contributed by atoms with Crippen molar-refractivity contribution in [1.29, 1.82) is 0 Å². The molecule has 21 heavy (non-hydrogen) atoms. The third-order valence-corrected chi connectivity index (χ3v) is 3.92. The summed E-state index contributed by atoms with van der Waals surface area (Å²) in [6.07, 6.45) is 0.235. The number of halogens is 1. The fourth-order valence-corrected chi connectivity index (χ4v) is 2.76. The van der Waals surface area contributed by atoms with Gasteiger partial charge in [0.2, 0.25) is 0 Å². The molecule has 0 amide bonds. The predicted octanol–water partition coefficient (Wildman–Crippen LogP) is 1.75. The summed E-state index contributed by atoms with van der Waals surface area (Å²) < 4.78 is 5.74. The molecule has 0 spiro atoms. The Kier molecular flexibility index (Phi) is 9.21. The van der Waals surface area contributed by atoms with Crippen molar-refractivity contribution in [2.75, 3.05) is 39.8 Å². The van der Waals surface area contributed by atoms with Gasteiger partial charge in [-0.25, -0.2) is 4.99 Å². The van der Waals surface area contributed by atoms with E-state index in [1.54, 1.807) is 11.3 Å². The zero-order valence-corrected chi connectivity index (χ0v) is 15.8. The Morgan fingerprint density at radius 2 is 2.38 bits per heavy atom. The Morgan fingerprint density at radius 1 is 1.52 bits per heavy atom. The van der Waals surface area contributed by atoms with Crippen molar-refractivity contribution in [3.05, 3.63) is 22.4 Å². The van der Waals surface area contributed by atoms with Gasteiger partial charge in [0.05, 0.1) is 19.3 Å². The van der Waals surface area contributed by atoms with E-state index < -0.39 is 0 Å². The molecule has 1 saturated heterocycles. The summed E-state index contributed by atoms with van der Waals surface area (Å²) in [6, 6.07) is 2.11. The first-order valence-electron chi connectivity index (χ1n) is 7.11. The Balaban J connectivity index is 0.00000220. The lowest BCUT2D eigenvalue weighted by Gasteiger charge is -2.30. The standard InChI is InChI=1S/C14H24N4OS.HI/c1-3-15-14(16-8-12-4-7-20-11-12)17-9-13-10-18(2)5-6-19-13;/h4,7,11,13H,3,5-6,8-10H2,1-2H3,(H2,15,16,17);1H. The van der Waals surface area contributed by atoms with Gasteiger partial charge in [-0.2, -0.15) is 11.3 Å². The average molecular weight is 424 g/mol. The second kappa shape index (κ2) is 10.4. The van der Waals surface area contributed by atoms with E-state index in [1.807, 2.05) is 0 Å². The summed E-state index contributed by atoms with van der Waals surface area (Å²) >= 11 is 1.71. The largest absolute Gasteiger partial charge is 0.374 e. The van der Waals surface area contributed by atoms with Gasteiger partial charge in [-0.3, -0.25) is 0 Å². The van der Waals surface area contributed by atoms with Gasteiger partial charge in [0.15, 0.2) is 5.96 Å². The molecule has 1 aliphatic rings. The highest BCUT2D eigenvalue weighted by atomic mass is 127. The SMILES string of the molecule is CCNC(=NCc1ccsc1)NCC1CN(C)CCO1.I. The molecule has 1 unspecified atom stereocenters. The molecule has 2 heterocycles. The minimum atomic E-state index is 0. The van der Waals surface area contributed by atoms with E-state index >= 15 is 0 Å². The van der Waals surface area contributed by atoms with Crippen LogP contribution in [0.15, 0.2) is 21.8 Å². The maximum absolute atomic E-state index is 5.74. The molecular formula is C14H25IN4OS. The smallest absolute Gasteiger partial charge is 0.191 e. The van der Waals surface area contributed by atoms with E-state index in [2.05, 4.69) is 51.3 Å². The quantitative estimate of drug-likeness (QED) is 0.430. The van der Waals surface area contributed by atoms with Crippen molar-refractivity contribution in [3.8, 4) is 0 Å². The lowest BCUT2D eigenvalue weighted by molar-refractivity contribution is -0.0161. The molecular weight excluding hydrogens is 399 g/mol. The van der Waals surface area contributed by atoms with Crippen molar-refractivity contribution in [3.63, 3.8) is 0 Å². The van der Waals surface area contributed by atoms with Crippen LogP contribution in [0, 0.1) is 0 Å². The molecule has 2 N–H and O–H groups in total. The van der Waals surface area contributed by atoms with Gasteiger partial charge in [0.25, 0.3) is 0 Å². The summed E-state index contributed by atoms with van der Waals surface area (Å²) in [5, 5.41) is 10.8. The number of nitrogens with one attached hydrogen (secondary N) is 2. The zero-order valence-electron chi connectivity index (χ0n) is 12.7. The van der Waals surface area contributed by atoms with E-state index in [-0.39, 0.29) is 30.1 Å². The monoisotopic (exact) mass is 424 g/mol. The number of likely N-dealkylation sites (N-methyl/N-ethyl adjacent to an activating group) is 1. The Morgan fingerprint density at radius 3 is 3.05 bits per heavy atom. The first-order chi connectivity index (χ1) is 9.78. The van der Waals surface area contributed by atoms with Crippen LogP contribution in [0.2, 0.25) is 0 Å². The predicted molar refractivity (Wildman–Crippen MR) is 99.8 cm³/mol.